The summed E-state index contributed by atoms with van der Waals surface area (Å²) in [5.41, 5.74) is 0.500. The van der Waals surface area contributed by atoms with Crippen LogP contribution in [0.1, 0.15) is 28.4 Å². The number of aliphatic hydroxyl groups is 1. The summed E-state index contributed by atoms with van der Waals surface area (Å²) >= 11 is 0. The lowest BCUT2D eigenvalue weighted by Gasteiger charge is -2.30. The van der Waals surface area contributed by atoms with E-state index in [0.717, 1.165) is 12.1 Å². The van der Waals surface area contributed by atoms with Gasteiger partial charge in [-0.25, -0.2) is 4.39 Å². The predicted octanol–water partition coefficient (Wildman–Crippen LogP) is 3.67. The molecule has 0 saturated heterocycles. The molecule has 1 N–H and O–H groups in total. The maximum atomic E-state index is 14.1. The van der Waals surface area contributed by atoms with E-state index in [0.29, 0.717) is 23.0 Å². The molecule has 1 aliphatic rings. The fourth-order valence-electron chi connectivity index (χ4n) is 3.61. The smallest absolute Gasteiger partial charge is 0.376 e. The van der Waals surface area contributed by atoms with Crippen molar-refractivity contribution in [3.05, 3.63) is 71.2 Å². The average molecular weight is 447 g/mol. The van der Waals surface area contributed by atoms with E-state index in [1.165, 1.54) is 21.8 Å². The number of carbonyl (C=O) groups is 2. The van der Waals surface area contributed by atoms with E-state index in [2.05, 4.69) is 5.10 Å². The Hall–Kier alpha value is -3.53. The van der Waals surface area contributed by atoms with Crippen LogP contribution in [0.25, 0.3) is 11.3 Å². The first-order valence-corrected chi connectivity index (χ1v) is 9.67. The molecule has 2 aromatic carbocycles. The Labute approximate surface area is 179 Å². The van der Waals surface area contributed by atoms with Crippen molar-refractivity contribution in [3.8, 4) is 11.3 Å². The number of nitrogens with zero attached hydrogens (tertiary/aromatic N) is 3. The Morgan fingerprint density at radius 2 is 1.84 bits per heavy atom. The molecule has 32 heavy (non-hydrogen) atoms. The number of likely N-dealkylation sites (N-methyl/N-ethyl adjacent to an activating group) is 1. The molecule has 6 nitrogen and oxygen atoms in total. The minimum Gasteiger partial charge on any atom is -0.376 e. The Morgan fingerprint density at radius 3 is 2.50 bits per heavy atom. The predicted molar refractivity (Wildman–Crippen MR) is 107 cm³/mol. The summed E-state index contributed by atoms with van der Waals surface area (Å²) < 4.78 is 53.6. The summed E-state index contributed by atoms with van der Waals surface area (Å²) in [5, 5.41) is 14.3. The molecule has 0 radical (unpaired) electrons. The number of fused-ring (bicyclic) bond motifs is 1. The molecule has 1 unspecified atom stereocenters. The van der Waals surface area contributed by atoms with Crippen LogP contribution in [0.5, 0.6) is 0 Å². The number of alkyl halides is 3. The van der Waals surface area contributed by atoms with E-state index in [-0.39, 0.29) is 24.2 Å². The van der Waals surface area contributed by atoms with Crippen LogP contribution in [0.3, 0.4) is 0 Å². The van der Waals surface area contributed by atoms with Gasteiger partial charge in [0, 0.05) is 29.4 Å². The van der Waals surface area contributed by atoms with E-state index in [1.807, 2.05) is 0 Å². The van der Waals surface area contributed by atoms with Crippen LogP contribution >= 0.6 is 0 Å². The number of carbonyl (C=O) groups excluding carboxylic acids is 2. The van der Waals surface area contributed by atoms with Crippen LogP contribution in [0.2, 0.25) is 0 Å². The minimum atomic E-state index is -4.63. The average Bonchev–Trinajstić information content (AvgIpc) is 3.21. The number of benzene rings is 2. The van der Waals surface area contributed by atoms with Crippen LogP contribution in [-0.2, 0) is 17.5 Å². The van der Waals surface area contributed by atoms with Crippen LogP contribution in [0.4, 0.5) is 23.2 Å². The first-order valence-electron chi connectivity index (χ1n) is 9.67. The molecule has 0 bridgehead atoms. The van der Waals surface area contributed by atoms with Crippen LogP contribution in [0.15, 0.2) is 48.7 Å². The summed E-state index contributed by atoms with van der Waals surface area (Å²) in [5.74, 6) is -2.38. The van der Waals surface area contributed by atoms with Crippen LogP contribution in [-0.4, -0.2) is 39.2 Å². The monoisotopic (exact) mass is 447 g/mol. The highest BCUT2D eigenvalue weighted by atomic mass is 19.4. The fourth-order valence-corrected chi connectivity index (χ4v) is 3.61. The van der Waals surface area contributed by atoms with Crippen molar-refractivity contribution < 1.29 is 32.3 Å². The number of amides is 1. The SMILES string of the molecule is CCN1C(=O)C(O)C(=O)c2cc(-c3ccn(Cc4ccc(C(F)(F)F)cc4F)n3)ccc21. The van der Waals surface area contributed by atoms with Gasteiger partial charge in [-0.3, -0.25) is 14.3 Å². The Balaban J connectivity index is 1.61. The van der Waals surface area contributed by atoms with E-state index in [9.17, 15) is 32.3 Å². The molecule has 0 saturated carbocycles. The van der Waals surface area contributed by atoms with Gasteiger partial charge < -0.3 is 10.0 Å². The van der Waals surface area contributed by atoms with E-state index in [4.69, 9.17) is 0 Å². The molecule has 1 aliphatic heterocycles. The minimum absolute atomic E-state index is 0.0356. The third-order valence-electron chi connectivity index (χ3n) is 5.27. The molecule has 0 aliphatic carbocycles. The molecule has 3 aromatic rings. The Bertz CT molecular complexity index is 1220. The van der Waals surface area contributed by atoms with Crippen molar-refractivity contribution in [3.63, 3.8) is 0 Å². The lowest BCUT2D eigenvalue weighted by molar-refractivity contribution is -0.137. The number of anilines is 1. The molecule has 166 valence electrons. The van der Waals surface area contributed by atoms with Crippen molar-refractivity contribution in [1.82, 2.24) is 9.78 Å². The zero-order valence-corrected chi connectivity index (χ0v) is 16.7. The lowest BCUT2D eigenvalue weighted by Crippen LogP contribution is -2.48. The number of ketones is 1. The highest BCUT2D eigenvalue weighted by Crippen LogP contribution is 2.32. The van der Waals surface area contributed by atoms with Gasteiger partial charge in [-0.05, 0) is 37.3 Å². The maximum absolute atomic E-state index is 14.1. The first-order chi connectivity index (χ1) is 15.1. The topological polar surface area (TPSA) is 75.4 Å². The third kappa shape index (κ3) is 3.77. The number of aromatic nitrogens is 2. The van der Waals surface area contributed by atoms with Gasteiger partial charge in [0.15, 0.2) is 6.10 Å². The van der Waals surface area contributed by atoms with Crippen molar-refractivity contribution in [2.24, 2.45) is 0 Å². The normalized spacial score (nSPS) is 16.4. The highest BCUT2D eigenvalue weighted by molar-refractivity contribution is 6.23. The lowest BCUT2D eigenvalue weighted by atomic mass is 9.95. The second-order valence-corrected chi connectivity index (χ2v) is 7.28. The van der Waals surface area contributed by atoms with Gasteiger partial charge >= 0.3 is 6.18 Å². The molecule has 0 fully saturated rings. The number of Topliss-reactive ketones (excluding diaryl/α,β-unsaturated/α-hetero) is 1. The zero-order valence-electron chi connectivity index (χ0n) is 16.7. The molecular formula is C22H17F4N3O3. The van der Waals surface area contributed by atoms with Crippen LogP contribution < -0.4 is 4.90 Å². The van der Waals surface area contributed by atoms with Crippen molar-refractivity contribution >= 4 is 17.4 Å². The van der Waals surface area contributed by atoms with E-state index >= 15 is 0 Å². The van der Waals surface area contributed by atoms with E-state index < -0.39 is 35.4 Å². The van der Waals surface area contributed by atoms with Crippen LogP contribution in [0, 0.1) is 5.82 Å². The molecule has 1 aromatic heterocycles. The van der Waals surface area contributed by atoms with Gasteiger partial charge in [-0.15, -0.1) is 0 Å². The van der Waals surface area contributed by atoms with Gasteiger partial charge in [0.25, 0.3) is 5.91 Å². The number of rotatable bonds is 4. The largest absolute Gasteiger partial charge is 0.416 e. The summed E-state index contributed by atoms with van der Waals surface area (Å²) in [4.78, 5) is 25.8. The van der Waals surface area contributed by atoms with Gasteiger partial charge in [0.1, 0.15) is 5.82 Å². The first kappa shape index (κ1) is 21.7. The van der Waals surface area contributed by atoms with Crippen molar-refractivity contribution in [1.29, 1.82) is 0 Å². The van der Waals surface area contributed by atoms with Gasteiger partial charge in [0.2, 0.25) is 5.78 Å². The standard InChI is InChI=1S/C22H17F4N3O3/c1-2-29-18-6-4-12(9-15(18)19(30)20(31)21(29)32)17-7-8-28(27-17)11-13-3-5-14(10-16(13)23)22(24,25)26/h3-10,20,31H,2,11H2,1H3. The highest BCUT2D eigenvalue weighted by Gasteiger charge is 2.37. The number of aliphatic hydroxyl groups excluding tert-OH is 1. The molecule has 1 amide bonds. The van der Waals surface area contributed by atoms with Gasteiger partial charge in [-0.2, -0.15) is 18.3 Å². The Morgan fingerprint density at radius 1 is 1.09 bits per heavy atom. The number of hydrogen-bond donors (Lipinski definition) is 1. The second-order valence-electron chi connectivity index (χ2n) is 7.28. The van der Waals surface area contributed by atoms with Crippen molar-refractivity contribution in [2.45, 2.75) is 25.7 Å². The van der Waals surface area contributed by atoms with Gasteiger partial charge in [-0.1, -0.05) is 12.1 Å². The molecule has 10 heteroatoms. The van der Waals surface area contributed by atoms with Crippen molar-refractivity contribution in [2.75, 3.05) is 11.4 Å². The fraction of sp³-hybridized carbons (Fsp3) is 0.227. The molecule has 4 rings (SSSR count). The summed E-state index contributed by atoms with van der Waals surface area (Å²) in [7, 11) is 0. The summed E-state index contributed by atoms with van der Waals surface area (Å²) in [6, 6.07) is 8.69. The maximum Gasteiger partial charge on any atom is 0.416 e. The molecular weight excluding hydrogens is 430 g/mol. The summed E-state index contributed by atoms with van der Waals surface area (Å²) in [6.07, 6.45) is -4.86. The third-order valence-corrected chi connectivity index (χ3v) is 5.27. The summed E-state index contributed by atoms with van der Waals surface area (Å²) in [6.45, 7) is 1.91. The Kier molecular flexibility index (Phi) is 5.33. The number of halogens is 4. The number of hydrogen-bond acceptors (Lipinski definition) is 4. The second kappa shape index (κ2) is 7.86. The quantitative estimate of drug-likeness (QED) is 0.489. The van der Waals surface area contributed by atoms with E-state index in [1.54, 1.807) is 25.1 Å². The molecule has 2 heterocycles. The molecule has 0 spiro atoms. The van der Waals surface area contributed by atoms with Gasteiger partial charge in [0.05, 0.1) is 23.5 Å². The zero-order chi connectivity index (χ0) is 23.2. The molecule has 1 atom stereocenters.